The van der Waals surface area contributed by atoms with Crippen LogP contribution in [0.3, 0.4) is 0 Å². The van der Waals surface area contributed by atoms with E-state index in [-0.39, 0.29) is 18.1 Å². The molecule has 0 saturated heterocycles. The van der Waals surface area contributed by atoms with Crippen molar-refractivity contribution in [3.8, 4) is 0 Å². The van der Waals surface area contributed by atoms with Crippen molar-refractivity contribution in [1.82, 2.24) is 0 Å². The van der Waals surface area contributed by atoms with E-state index >= 15 is 0 Å². The molecule has 2 aromatic carbocycles. The number of nitrogens with zero attached hydrogens (tertiary/aromatic N) is 1. The highest BCUT2D eigenvalue weighted by molar-refractivity contribution is 6.37. The van der Waals surface area contributed by atoms with Gasteiger partial charge in [-0.15, -0.1) is 0 Å². The summed E-state index contributed by atoms with van der Waals surface area (Å²) in [4.78, 5) is 12.0. The second kappa shape index (κ2) is 7.93. The SMILES string of the molecule is CCOC(=O)C(Cc1ccccc1)=NNc1ccc(F)cc1. The molecule has 22 heavy (non-hydrogen) atoms. The molecule has 0 spiro atoms. The minimum Gasteiger partial charge on any atom is -0.461 e. The molecule has 0 fully saturated rings. The first-order valence-corrected chi connectivity index (χ1v) is 6.98. The van der Waals surface area contributed by atoms with E-state index in [0.29, 0.717) is 12.1 Å². The molecule has 4 nitrogen and oxygen atoms in total. The van der Waals surface area contributed by atoms with Crippen molar-refractivity contribution in [2.75, 3.05) is 12.0 Å². The molecule has 0 atom stereocenters. The molecular formula is C17H17FN2O2. The predicted octanol–water partition coefficient (Wildman–Crippen LogP) is 3.40. The highest BCUT2D eigenvalue weighted by Crippen LogP contribution is 2.09. The van der Waals surface area contributed by atoms with Gasteiger partial charge in [0.25, 0.3) is 0 Å². The maximum atomic E-state index is 12.9. The zero-order valence-corrected chi connectivity index (χ0v) is 12.3. The van der Waals surface area contributed by atoms with Gasteiger partial charge in [0.05, 0.1) is 12.3 Å². The number of carbonyl (C=O) groups excluding carboxylic acids is 1. The summed E-state index contributed by atoms with van der Waals surface area (Å²) in [6.45, 7) is 2.02. The lowest BCUT2D eigenvalue weighted by atomic mass is 10.1. The van der Waals surface area contributed by atoms with E-state index in [2.05, 4.69) is 10.5 Å². The summed E-state index contributed by atoms with van der Waals surface area (Å²) in [5.41, 5.74) is 4.56. The Bertz CT molecular complexity index is 639. The molecule has 0 amide bonds. The summed E-state index contributed by atoms with van der Waals surface area (Å²) < 4.78 is 17.9. The van der Waals surface area contributed by atoms with Gasteiger partial charge in [-0.05, 0) is 36.8 Å². The van der Waals surface area contributed by atoms with E-state index in [0.717, 1.165) is 5.56 Å². The van der Waals surface area contributed by atoms with Crippen LogP contribution in [0.2, 0.25) is 0 Å². The van der Waals surface area contributed by atoms with Crippen molar-refractivity contribution >= 4 is 17.4 Å². The number of ether oxygens (including phenoxy) is 1. The van der Waals surface area contributed by atoms with Crippen LogP contribution >= 0.6 is 0 Å². The fraction of sp³-hybridized carbons (Fsp3) is 0.176. The third kappa shape index (κ3) is 4.70. The van der Waals surface area contributed by atoms with Crippen LogP contribution in [0.4, 0.5) is 10.1 Å². The van der Waals surface area contributed by atoms with Gasteiger partial charge in [-0.1, -0.05) is 30.3 Å². The number of hydrogen-bond donors (Lipinski definition) is 1. The van der Waals surface area contributed by atoms with Crippen molar-refractivity contribution in [2.24, 2.45) is 5.10 Å². The Hall–Kier alpha value is -2.69. The Balaban J connectivity index is 2.14. The smallest absolute Gasteiger partial charge is 0.354 e. The largest absolute Gasteiger partial charge is 0.461 e. The third-order valence-electron chi connectivity index (χ3n) is 2.89. The number of carbonyl (C=O) groups is 1. The quantitative estimate of drug-likeness (QED) is 0.505. The normalized spacial score (nSPS) is 11.1. The Morgan fingerprint density at radius 3 is 2.45 bits per heavy atom. The summed E-state index contributed by atoms with van der Waals surface area (Å²) in [6, 6.07) is 15.2. The Morgan fingerprint density at radius 2 is 1.82 bits per heavy atom. The van der Waals surface area contributed by atoms with Crippen molar-refractivity contribution in [1.29, 1.82) is 0 Å². The molecule has 5 heteroatoms. The van der Waals surface area contributed by atoms with E-state index in [4.69, 9.17) is 4.74 Å². The number of rotatable bonds is 6. The molecule has 0 bridgehead atoms. The molecule has 1 N–H and O–H groups in total. The molecule has 114 valence electrons. The highest BCUT2D eigenvalue weighted by Gasteiger charge is 2.13. The second-order valence-electron chi connectivity index (χ2n) is 4.56. The summed E-state index contributed by atoms with van der Waals surface area (Å²) in [7, 11) is 0. The van der Waals surface area contributed by atoms with Gasteiger partial charge in [0.15, 0.2) is 0 Å². The van der Waals surface area contributed by atoms with E-state index in [1.165, 1.54) is 12.1 Å². The number of esters is 1. The van der Waals surface area contributed by atoms with Gasteiger partial charge in [-0.3, -0.25) is 5.43 Å². The van der Waals surface area contributed by atoms with Crippen molar-refractivity contribution < 1.29 is 13.9 Å². The zero-order valence-electron chi connectivity index (χ0n) is 12.3. The van der Waals surface area contributed by atoms with E-state index in [1.54, 1.807) is 19.1 Å². The lowest BCUT2D eigenvalue weighted by molar-refractivity contribution is -0.135. The van der Waals surface area contributed by atoms with E-state index < -0.39 is 5.97 Å². The van der Waals surface area contributed by atoms with Gasteiger partial charge >= 0.3 is 5.97 Å². The van der Waals surface area contributed by atoms with Gasteiger partial charge in [0.2, 0.25) is 0 Å². The minimum absolute atomic E-state index is 0.261. The van der Waals surface area contributed by atoms with E-state index in [9.17, 15) is 9.18 Å². The third-order valence-corrected chi connectivity index (χ3v) is 2.89. The van der Waals surface area contributed by atoms with Gasteiger partial charge in [0, 0.05) is 6.42 Å². The number of anilines is 1. The molecule has 0 unspecified atom stereocenters. The van der Waals surface area contributed by atoms with Crippen LogP contribution in [-0.4, -0.2) is 18.3 Å². The molecule has 0 aromatic heterocycles. The average molecular weight is 300 g/mol. The number of hydrazone groups is 1. The first-order valence-electron chi connectivity index (χ1n) is 6.98. The van der Waals surface area contributed by atoms with Crippen LogP contribution in [0.5, 0.6) is 0 Å². The summed E-state index contributed by atoms with van der Waals surface area (Å²) in [5.74, 6) is -0.801. The van der Waals surface area contributed by atoms with Gasteiger partial charge in [-0.25, -0.2) is 9.18 Å². The van der Waals surface area contributed by atoms with Crippen molar-refractivity contribution in [3.63, 3.8) is 0 Å². The van der Waals surface area contributed by atoms with Gasteiger partial charge < -0.3 is 4.74 Å². The molecule has 2 aromatic rings. The van der Waals surface area contributed by atoms with Crippen molar-refractivity contribution in [2.45, 2.75) is 13.3 Å². The minimum atomic E-state index is -0.471. The number of hydrogen-bond acceptors (Lipinski definition) is 4. The highest BCUT2D eigenvalue weighted by atomic mass is 19.1. The average Bonchev–Trinajstić information content (AvgIpc) is 2.54. The van der Waals surface area contributed by atoms with Crippen LogP contribution < -0.4 is 5.43 Å². The summed E-state index contributed by atoms with van der Waals surface area (Å²) >= 11 is 0. The maximum absolute atomic E-state index is 12.9. The van der Waals surface area contributed by atoms with Crippen LogP contribution in [-0.2, 0) is 16.0 Å². The monoisotopic (exact) mass is 300 g/mol. The Labute approximate surface area is 128 Å². The Morgan fingerprint density at radius 1 is 1.14 bits per heavy atom. The predicted molar refractivity (Wildman–Crippen MR) is 84.2 cm³/mol. The summed E-state index contributed by atoms with van der Waals surface area (Å²) in [6.07, 6.45) is 0.355. The topological polar surface area (TPSA) is 50.7 Å². The van der Waals surface area contributed by atoms with Crippen LogP contribution in [0, 0.1) is 5.82 Å². The zero-order chi connectivity index (χ0) is 15.8. The van der Waals surface area contributed by atoms with Gasteiger partial charge in [0.1, 0.15) is 11.5 Å². The molecular weight excluding hydrogens is 283 g/mol. The molecule has 2 rings (SSSR count). The number of halogens is 1. The van der Waals surface area contributed by atoms with E-state index in [1.807, 2.05) is 30.3 Å². The van der Waals surface area contributed by atoms with Crippen LogP contribution in [0.25, 0.3) is 0 Å². The van der Waals surface area contributed by atoms with Gasteiger partial charge in [-0.2, -0.15) is 5.10 Å². The molecule has 0 aliphatic rings. The fourth-order valence-corrected chi connectivity index (χ4v) is 1.82. The molecule has 0 radical (unpaired) electrons. The fourth-order valence-electron chi connectivity index (χ4n) is 1.82. The molecule has 0 aliphatic heterocycles. The number of nitrogens with one attached hydrogen (secondary N) is 1. The lowest BCUT2D eigenvalue weighted by Crippen LogP contribution is -2.21. The first kappa shape index (κ1) is 15.7. The van der Waals surface area contributed by atoms with Crippen LogP contribution in [0.1, 0.15) is 12.5 Å². The second-order valence-corrected chi connectivity index (χ2v) is 4.56. The molecule has 0 aliphatic carbocycles. The number of benzene rings is 2. The standard InChI is InChI=1S/C17H17FN2O2/c1-2-22-17(21)16(12-13-6-4-3-5-7-13)20-19-15-10-8-14(18)9-11-15/h3-11,19H,2,12H2,1H3. The van der Waals surface area contributed by atoms with Crippen LogP contribution in [0.15, 0.2) is 59.7 Å². The summed E-state index contributed by atoms with van der Waals surface area (Å²) in [5, 5.41) is 4.11. The molecule has 0 heterocycles. The maximum Gasteiger partial charge on any atom is 0.354 e. The van der Waals surface area contributed by atoms with Crippen molar-refractivity contribution in [3.05, 3.63) is 66.0 Å². The first-order chi connectivity index (χ1) is 10.7. The Kier molecular flexibility index (Phi) is 5.65. The lowest BCUT2D eigenvalue weighted by Gasteiger charge is -2.07. The molecule has 0 saturated carbocycles.